The Hall–Kier alpha value is -2.85. The SMILES string of the molecule is N#CCc1ccc(OCc2ccc(F)c(C#N)c2)cc1. The van der Waals surface area contributed by atoms with Gasteiger partial charge in [0.15, 0.2) is 0 Å². The summed E-state index contributed by atoms with van der Waals surface area (Å²) in [5.41, 5.74) is 1.66. The lowest BCUT2D eigenvalue weighted by Crippen LogP contribution is -1.97. The van der Waals surface area contributed by atoms with Crippen molar-refractivity contribution in [2.75, 3.05) is 0 Å². The molecular weight excluding hydrogens is 255 g/mol. The molecule has 0 fully saturated rings. The molecule has 0 heterocycles. The van der Waals surface area contributed by atoms with E-state index in [1.165, 1.54) is 12.1 Å². The van der Waals surface area contributed by atoms with Crippen LogP contribution in [-0.2, 0) is 13.0 Å². The number of ether oxygens (including phenoxy) is 1. The van der Waals surface area contributed by atoms with Crippen LogP contribution >= 0.6 is 0 Å². The molecular formula is C16H11FN2O. The van der Waals surface area contributed by atoms with Gasteiger partial charge in [-0.1, -0.05) is 18.2 Å². The minimum atomic E-state index is -0.530. The highest BCUT2D eigenvalue weighted by Crippen LogP contribution is 2.16. The number of hydrogen-bond acceptors (Lipinski definition) is 3. The van der Waals surface area contributed by atoms with Crippen molar-refractivity contribution in [1.29, 1.82) is 10.5 Å². The Kier molecular flexibility index (Phi) is 4.32. The number of nitriles is 2. The minimum Gasteiger partial charge on any atom is -0.489 e. The molecule has 0 atom stereocenters. The van der Waals surface area contributed by atoms with Crippen LogP contribution in [0.3, 0.4) is 0 Å². The summed E-state index contributed by atoms with van der Waals surface area (Å²) in [6.07, 6.45) is 0.365. The third kappa shape index (κ3) is 3.34. The van der Waals surface area contributed by atoms with Crippen molar-refractivity contribution in [2.45, 2.75) is 13.0 Å². The zero-order chi connectivity index (χ0) is 14.4. The number of nitrogens with zero attached hydrogens (tertiary/aromatic N) is 2. The van der Waals surface area contributed by atoms with E-state index in [1.54, 1.807) is 24.3 Å². The van der Waals surface area contributed by atoms with Crippen molar-refractivity contribution in [1.82, 2.24) is 0 Å². The molecule has 0 bridgehead atoms. The Labute approximate surface area is 116 Å². The quantitative estimate of drug-likeness (QED) is 0.852. The van der Waals surface area contributed by atoms with Crippen LogP contribution in [0.4, 0.5) is 4.39 Å². The molecule has 0 saturated heterocycles. The lowest BCUT2D eigenvalue weighted by atomic mass is 10.1. The van der Waals surface area contributed by atoms with Crippen LogP contribution in [-0.4, -0.2) is 0 Å². The minimum absolute atomic E-state index is 0.00969. The van der Waals surface area contributed by atoms with Gasteiger partial charge in [-0.25, -0.2) is 4.39 Å². The predicted octanol–water partition coefficient (Wildman–Crippen LogP) is 3.34. The van der Waals surface area contributed by atoms with Crippen LogP contribution < -0.4 is 4.74 Å². The fourth-order valence-corrected chi connectivity index (χ4v) is 1.71. The lowest BCUT2D eigenvalue weighted by Gasteiger charge is -2.07. The van der Waals surface area contributed by atoms with Crippen LogP contribution in [0.2, 0.25) is 0 Å². The Morgan fingerprint density at radius 2 is 1.70 bits per heavy atom. The first-order valence-electron chi connectivity index (χ1n) is 6.00. The van der Waals surface area contributed by atoms with Crippen molar-refractivity contribution in [3.05, 3.63) is 65.0 Å². The van der Waals surface area contributed by atoms with Crippen molar-refractivity contribution in [2.24, 2.45) is 0 Å². The van der Waals surface area contributed by atoms with E-state index < -0.39 is 5.82 Å². The van der Waals surface area contributed by atoms with Crippen LogP contribution in [0.5, 0.6) is 5.75 Å². The summed E-state index contributed by atoms with van der Waals surface area (Å²) in [5.74, 6) is 0.131. The second-order valence-corrected chi connectivity index (χ2v) is 4.19. The first-order chi connectivity index (χ1) is 9.72. The van der Waals surface area contributed by atoms with Crippen molar-refractivity contribution < 1.29 is 9.13 Å². The molecule has 2 aromatic rings. The van der Waals surface area contributed by atoms with Gasteiger partial charge in [-0.15, -0.1) is 0 Å². The molecule has 2 aromatic carbocycles. The standard InChI is InChI=1S/C16H11FN2O/c17-16-6-3-13(9-14(16)10-19)11-20-15-4-1-12(2-5-15)7-8-18/h1-6,9H,7,11H2. The third-order valence-corrected chi connectivity index (χ3v) is 2.76. The van der Waals surface area contributed by atoms with Gasteiger partial charge in [0.05, 0.1) is 18.1 Å². The number of halogens is 1. The highest BCUT2D eigenvalue weighted by molar-refractivity contribution is 5.34. The van der Waals surface area contributed by atoms with Crippen molar-refractivity contribution >= 4 is 0 Å². The molecule has 0 radical (unpaired) electrons. The molecule has 3 nitrogen and oxygen atoms in total. The fraction of sp³-hybridized carbons (Fsp3) is 0.125. The summed E-state index contributed by atoms with van der Waals surface area (Å²) < 4.78 is 18.7. The summed E-state index contributed by atoms with van der Waals surface area (Å²) in [6.45, 7) is 0.257. The molecule has 0 saturated carbocycles. The van der Waals surface area contributed by atoms with Crippen LogP contribution in [0, 0.1) is 28.5 Å². The van der Waals surface area contributed by atoms with Crippen LogP contribution in [0.15, 0.2) is 42.5 Å². The van der Waals surface area contributed by atoms with E-state index in [1.807, 2.05) is 12.1 Å². The smallest absolute Gasteiger partial charge is 0.140 e. The summed E-state index contributed by atoms with van der Waals surface area (Å²) in [5, 5.41) is 17.3. The normalized spacial score (nSPS) is 9.55. The molecule has 0 amide bonds. The third-order valence-electron chi connectivity index (χ3n) is 2.76. The van der Waals surface area contributed by atoms with Gasteiger partial charge in [0, 0.05) is 0 Å². The summed E-state index contributed by atoms with van der Waals surface area (Å²) in [4.78, 5) is 0. The molecule has 0 aliphatic heterocycles. The van der Waals surface area contributed by atoms with E-state index >= 15 is 0 Å². The molecule has 4 heteroatoms. The van der Waals surface area contributed by atoms with E-state index in [0.29, 0.717) is 12.2 Å². The van der Waals surface area contributed by atoms with Gasteiger partial charge in [0.1, 0.15) is 24.2 Å². The molecule has 0 aliphatic carbocycles. The van der Waals surface area contributed by atoms with Crippen molar-refractivity contribution in [3.63, 3.8) is 0 Å². The fourth-order valence-electron chi connectivity index (χ4n) is 1.71. The lowest BCUT2D eigenvalue weighted by molar-refractivity contribution is 0.306. The first kappa shape index (κ1) is 13.6. The number of benzene rings is 2. The van der Waals surface area contributed by atoms with Crippen molar-refractivity contribution in [3.8, 4) is 17.9 Å². The zero-order valence-corrected chi connectivity index (χ0v) is 10.6. The highest BCUT2D eigenvalue weighted by Gasteiger charge is 2.03. The Bertz CT molecular complexity index is 681. The molecule has 0 N–H and O–H groups in total. The van der Waals surface area contributed by atoms with E-state index in [4.69, 9.17) is 15.3 Å². The second kappa shape index (κ2) is 6.36. The summed E-state index contributed by atoms with van der Waals surface area (Å²) >= 11 is 0. The molecule has 0 aliphatic rings. The maximum absolute atomic E-state index is 13.2. The van der Waals surface area contributed by atoms with Crippen LogP contribution in [0.1, 0.15) is 16.7 Å². The Morgan fingerprint density at radius 3 is 2.35 bits per heavy atom. The average molecular weight is 266 g/mol. The molecule has 0 unspecified atom stereocenters. The zero-order valence-electron chi connectivity index (χ0n) is 10.6. The maximum atomic E-state index is 13.2. The molecule has 98 valence electrons. The van der Waals surface area contributed by atoms with Crippen LogP contribution in [0.25, 0.3) is 0 Å². The van der Waals surface area contributed by atoms with Gasteiger partial charge in [0.2, 0.25) is 0 Å². The summed E-state index contributed by atoms with van der Waals surface area (Å²) in [7, 11) is 0. The average Bonchev–Trinajstić information content (AvgIpc) is 2.48. The molecule has 2 rings (SSSR count). The molecule has 20 heavy (non-hydrogen) atoms. The number of rotatable bonds is 4. The largest absolute Gasteiger partial charge is 0.489 e. The molecule has 0 aromatic heterocycles. The van der Waals surface area contributed by atoms with Gasteiger partial charge in [-0.05, 0) is 35.4 Å². The highest BCUT2D eigenvalue weighted by atomic mass is 19.1. The van der Waals surface area contributed by atoms with Gasteiger partial charge in [-0.3, -0.25) is 0 Å². The van der Waals surface area contributed by atoms with E-state index in [0.717, 1.165) is 11.1 Å². The number of hydrogen-bond donors (Lipinski definition) is 0. The second-order valence-electron chi connectivity index (χ2n) is 4.19. The predicted molar refractivity (Wildman–Crippen MR) is 71.2 cm³/mol. The Morgan fingerprint density at radius 1 is 1.00 bits per heavy atom. The van der Waals surface area contributed by atoms with Gasteiger partial charge in [0.25, 0.3) is 0 Å². The van der Waals surface area contributed by atoms with E-state index in [2.05, 4.69) is 6.07 Å². The molecule has 0 spiro atoms. The van der Waals surface area contributed by atoms with E-state index in [9.17, 15) is 4.39 Å². The summed E-state index contributed by atoms with van der Waals surface area (Å²) in [6, 6.07) is 15.4. The topological polar surface area (TPSA) is 56.8 Å². The van der Waals surface area contributed by atoms with Gasteiger partial charge >= 0.3 is 0 Å². The van der Waals surface area contributed by atoms with Gasteiger partial charge in [-0.2, -0.15) is 10.5 Å². The van der Waals surface area contributed by atoms with Gasteiger partial charge < -0.3 is 4.74 Å². The van der Waals surface area contributed by atoms with E-state index in [-0.39, 0.29) is 12.2 Å². The first-order valence-corrected chi connectivity index (χ1v) is 6.00. The Balaban J connectivity index is 2.02. The maximum Gasteiger partial charge on any atom is 0.140 e. The monoisotopic (exact) mass is 266 g/mol.